The highest BCUT2D eigenvalue weighted by atomic mass is 31.2. The Kier molecular flexibility index (Phi) is 5.30. The van der Waals surface area contributed by atoms with E-state index in [1.165, 1.54) is 5.52 Å². The molecule has 0 radical (unpaired) electrons. The number of hydrogen-bond acceptors (Lipinski definition) is 4. The quantitative estimate of drug-likeness (QED) is 0.600. The van der Waals surface area contributed by atoms with Crippen LogP contribution < -0.4 is 5.73 Å². The van der Waals surface area contributed by atoms with E-state index in [1.54, 1.807) is 13.8 Å². The summed E-state index contributed by atoms with van der Waals surface area (Å²) in [5, 5.41) is 2.26. The lowest BCUT2D eigenvalue weighted by Gasteiger charge is -2.23. The van der Waals surface area contributed by atoms with Gasteiger partial charge in [0.15, 0.2) is 0 Å². The predicted octanol–water partition coefficient (Wildman–Crippen LogP) is 5.04. The fraction of sp³-hybridized carbons (Fsp3) is 0.368. The van der Waals surface area contributed by atoms with Crippen LogP contribution in [0.2, 0.25) is 0 Å². The monoisotopic (exact) mass is 360 g/mol. The molecule has 0 saturated carbocycles. The highest BCUT2D eigenvalue weighted by Gasteiger charge is 2.34. The van der Waals surface area contributed by atoms with Crippen molar-refractivity contribution in [1.29, 1.82) is 0 Å². The van der Waals surface area contributed by atoms with Gasteiger partial charge in [-0.2, -0.15) is 0 Å². The molecular weight excluding hydrogens is 335 g/mol. The first-order valence-electron chi connectivity index (χ1n) is 8.71. The van der Waals surface area contributed by atoms with Crippen molar-refractivity contribution in [2.75, 3.05) is 13.2 Å². The fourth-order valence-electron chi connectivity index (χ4n) is 3.34. The summed E-state index contributed by atoms with van der Waals surface area (Å²) in [5.74, 6) is -0.805. The Morgan fingerprint density at radius 3 is 2.28 bits per heavy atom. The molecule has 2 aromatic carbocycles. The first kappa shape index (κ1) is 18.2. The van der Waals surface area contributed by atoms with E-state index in [4.69, 9.17) is 14.8 Å². The van der Waals surface area contributed by atoms with Crippen LogP contribution in [0.1, 0.15) is 32.1 Å². The van der Waals surface area contributed by atoms with Crippen LogP contribution in [0.25, 0.3) is 21.8 Å². The van der Waals surface area contributed by atoms with Crippen LogP contribution in [0.15, 0.2) is 42.5 Å². The molecule has 3 aromatic rings. The number of hydrogen-bond donors (Lipinski definition) is 1. The lowest BCUT2D eigenvalue weighted by atomic mass is 10.1. The maximum atomic E-state index is 13.0. The summed E-state index contributed by atoms with van der Waals surface area (Å²) in [5.41, 5.74) is 9.39. The number of nitrogens with zero attached hydrogens (tertiary/aromatic N) is 1. The molecular formula is C19H25N2O3P. The second kappa shape index (κ2) is 7.30. The van der Waals surface area contributed by atoms with Gasteiger partial charge >= 0.3 is 7.60 Å². The van der Waals surface area contributed by atoms with Crippen LogP contribution in [0.3, 0.4) is 0 Å². The predicted molar refractivity (Wildman–Crippen MR) is 103 cm³/mol. The SMILES string of the molecule is CCOP(=O)(OCC)[C@H](N)c1ccc2c(c1)c1ccccc1n2CC. The molecule has 0 aliphatic carbocycles. The molecule has 0 unspecified atom stereocenters. The fourth-order valence-corrected chi connectivity index (χ4v) is 4.98. The van der Waals surface area contributed by atoms with Gasteiger partial charge in [0.2, 0.25) is 0 Å². The Morgan fingerprint density at radius 2 is 1.64 bits per heavy atom. The van der Waals surface area contributed by atoms with Gasteiger partial charge in [-0.05, 0) is 44.5 Å². The number of rotatable bonds is 7. The Balaban J connectivity index is 2.15. The highest BCUT2D eigenvalue weighted by Crippen LogP contribution is 2.58. The molecule has 0 spiro atoms. The molecule has 0 saturated heterocycles. The van der Waals surface area contributed by atoms with Crippen molar-refractivity contribution in [1.82, 2.24) is 4.57 Å². The van der Waals surface area contributed by atoms with E-state index in [0.29, 0.717) is 13.2 Å². The zero-order valence-electron chi connectivity index (χ0n) is 14.9. The molecule has 6 heteroatoms. The lowest BCUT2D eigenvalue weighted by Crippen LogP contribution is -2.15. The van der Waals surface area contributed by atoms with Crippen molar-refractivity contribution in [3.05, 3.63) is 48.0 Å². The molecule has 2 N–H and O–H groups in total. The van der Waals surface area contributed by atoms with Gasteiger partial charge in [0, 0.05) is 28.4 Å². The van der Waals surface area contributed by atoms with Gasteiger partial charge in [0.25, 0.3) is 0 Å². The zero-order valence-corrected chi connectivity index (χ0v) is 15.8. The molecule has 134 valence electrons. The summed E-state index contributed by atoms with van der Waals surface area (Å²) in [6.45, 7) is 7.17. The van der Waals surface area contributed by atoms with Crippen molar-refractivity contribution < 1.29 is 13.6 Å². The van der Waals surface area contributed by atoms with Gasteiger partial charge in [0.1, 0.15) is 5.78 Å². The van der Waals surface area contributed by atoms with Crippen molar-refractivity contribution in [3.8, 4) is 0 Å². The van der Waals surface area contributed by atoms with Crippen molar-refractivity contribution in [2.24, 2.45) is 5.73 Å². The van der Waals surface area contributed by atoms with E-state index in [-0.39, 0.29) is 0 Å². The summed E-state index contributed by atoms with van der Waals surface area (Å²) < 4.78 is 26.1. The molecule has 0 aliphatic heterocycles. The van der Waals surface area contributed by atoms with Crippen molar-refractivity contribution in [2.45, 2.75) is 33.1 Å². The molecule has 25 heavy (non-hydrogen) atoms. The van der Waals surface area contributed by atoms with Gasteiger partial charge < -0.3 is 19.3 Å². The molecule has 3 rings (SSSR count). The van der Waals surface area contributed by atoms with Crippen molar-refractivity contribution in [3.63, 3.8) is 0 Å². The van der Waals surface area contributed by atoms with Crippen LogP contribution in [-0.4, -0.2) is 17.8 Å². The van der Waals surface area contributed by atoms with E-state index in [0.717, 1.165) is 28.4 Å². The number of nitrogens with two attached hydrogens (primary N) is 1. The molecule has 0 amide bonds. The zero-order chi connectivity index (χ0) is 18.0. The minimum Gasteiger partial charge on any atom is -0.341 e. The number of aryl methyl sites for hydroxylation is 1. The largest absolute Gasteiger partial charge is 0.351 e. The van der Waals surface area contributed by atoms with Crippen LogP contribution in [0.5, 0.6) is 0 Å². The molecule has 0 bridgehead atoms. The summed E-state index contributed by atoms with van der Waals surface area (Å²) in [6.07, 6.45) is 0. The third-order valence-corrected chi connectivity index (χ3v) is 6.63. The molecule has 0 fully saturated rings. The standard InChI is InChI=1S/C19H25N2O3P/c1-4-21-17-10-8-7-9-15(17)16-13-14(11-12-18(16)21)19(20)25(22,23-5-2)24-6-3/h7-13,19H,4-6,20H2,1-3H3/t19-/m0/s1. The summed E-state index contributed by atoms with van der Waals surface area (Å²) >= 11 is 0. The second-order valence-corrected chi connectivity index (χ2v) is 8.01. The van der Waals surface area contributed by atoms with Gasteiger partial charge in [-0.1, -0.05) is 24.3 Å². The molecule has 0 aliphatic rings. The molecule has 1 aromatic heterocycles. The third-order valence-electron chi connectivity index (χ3n) is 4.41. The number of benzene rings is 2. The third kappa shape index (κ3) is 3.13. The smallest absolute Gasteiger partial charge is 0.341 e. The Morgan fingerprint density at radius 1 is 1.00 bits per heavy atom. The Hall–Kier alpha value is -1.65. The maximum absolute atomic E-state index is 13.0. The second-order valence-electron chi connectivity index (χ2n) is 5.86. The van der Waals surface area contributed by atoms with E-state index in [9.17, 15) is 4.57 Å². The van der Waals surface area contributed by atoms with E-state index in [2.05, 4.69) is 23.6 Å². The van der Waals surface area contributed by atoms with E-state index < -0.39 is 13.4 Å². The summed E-state index contributed by atoms with van der Waals surface area (Å²) in [4.78, 5) is 0. The van der Waals surface area contributed by atoms with Gasteiger partial charge in [0.05, 0.1) is 13.2 Å². The first-order chi connectivity index (χ1) is 12.1. The lowest BCUT2D eigenvalue weighted by molar-refractivity contribution is 0.212. The Bertz CT molecular complexity index is 925. The van der Waals surface area contributed by atoms with E-state index in [1.807, 2.05) is 30.3 Å². The van der Waals surface area contributed by atoms with Crippen LogP contribution >= 0.6 is 7.60 Å². The number of aromatic nitrogens is 1. The maximum Gasteiger partial charge on any atom is 0.351 e. The van der Waals surface area contributed by atoms with E-state index >= 15 is 0 Å². The Labute approximate surface area is 148 Å². The van der Waals surface area contributed by atoms with Gasteiger partial charge in [-0.15, -0.1) is 0 Å². The summed E-state index contributed by atoms with van der Waals surface area (Å²) in [6, 6.07) is 14.3. The number of fused-ring (bicyclic) bond motifs is 3. The molecule has 5 nitrogen and oxygen atoms in total. The number of para-hydroxylation sites is 1. The highest BCUT2D eigenvalue weighted by molar-refractivity contribution is 7.54. The van der Waals surface area contributed by atoms with Gasteiger partial charge in [-0.3, -0.25) is 4.57 Å². The topological polar surface area (TPSA) is 66.5 Å². The van der Waals surface area contributed by atoms with Crippen LogP contribution in [0.4, 0.5) is 0 Å². The average molecular weight is 360 g/mol. The van der Waals surface area contributed by atoms with Crippen LogP contribution in [-0.2, 0) is 20.2 Å². The van der Waals surface area contributed by atoms with Crippen molar-refractivity contribution >= 4 is 29.4 Å². The van der Waals surface area contributed by atoms with Gasteiger partial charge in [-0.25, -0.2) is 0 Å². The molecule has 1 atom stereocenters. The average Bonchev–Trinajstić information content (AvgIpc) is 2.94. The van der Waals surface area contributed by atoms with Crippen LogP contribution in [0, 0.1) is 0 Å². The minimum absolute atomic E-state index is 0.294. The minimum atomic E-state index is -3.40. The summed E-state index contributed by atoms with van der Waals surface area (Å²) in [7, 11) is -3.40. The molecule has 1 heterocycles. The first-order valence-corrected chi connectivity index (χ1v) is 10.3. The normalized spacial score (nSPS) is 13.6.